The summed E-state index contributed by atoms with van der Waals surface area (Å²) >= 11 is 1.30. The molecule has 1 saturated heterocycles. The average molecular weight is 266 g/mol. The zero-order chi connectivity index (χ0) is 13.3. The van der Waals surface area contributed by atoms with Crippen molar-refractivity contribution in [1.82, 2.24) is 10.2 Å². The van der Waals surface area contributed by atoms with Crippen LogP contribution in [-0.2, 0) is 4.79 Å². The van der Waals surface area contributed by atoms with Gasteiger partial charge in [0.05, 0.1) is 11.4 Å². The second-order valence-electron chi connectivity index (χ2n) is 4.41. The van der Waals surface area contributed by atoms with E-state index >= 15 is 0 Å². The molecule has 6 heteroatoms. The Bertz CT molecular complexity index is 497. The minimum atomic E-state index is -0.882. The Morgan fingerprint density at radius 3 is 2.72 bits per heavy atom. The predicted octanol–water partition coefficient (Wildman–Crippen LogP) is 1.65. The van der Waals surface area contributed by atoms with Crippen LogP contribution in [0.25, 0.3) is 0 Å². The Morgan fingerprint density at radius 1 is 1.50 bits per heavy atom. The van der Waals surface area contributed by atoms with E-state index in [-0.39, 0.29) is 18.2 Å². The third-order valence-corrected chi connectivity index (χ3v) is 4.06. The Labute approximate surface area is 109 Å². The van der Waals surface area contributed by atoms with Crippen LogP contribution in [0.4, 0.5) is 4.79 Å². The van der Waals surface area contributed by atoms with Gasteiger partial charge in [0, 0.05) is 0 Å². The van der Waals surface area contributed by atoms with Gasteiger partial charge in [-0.25, -0.2) is 4.79 Å². The SMILES string of the molecule is CC[C@]1(C)NC(=O)N(CC(=O)c2cccs2)C1=O. The summed E-state index contributed by atoms with van der Waals surface area (Å²) in [5.41, 5.74) is -0.882. The molecule has 0 radical (unpaired) electrons. The summed E-state index contributed by atoms with van der Waals surface area (Å²) in [5.74, 6) is -0.547. The quantitative estimate of drug-likeness (QED) is 0.665. The van der Waals surface area contributed by atoms with E-state index in [1.54, 1.807) is 24.4 Å². The molecule has 0 bridgehead atoms. The monoisotopic (exact) mass is 266 g/mol. The summed E-state index contributed by atoms with van der Waals surface area (Å²) in [5, 5.41) is 4.41. The van der Waals surface area contributed by atoms with Gasteiger partial charge in [0.2, 0.25) is 0 Å². The van der Waals surface area contributed by atoms with E-state index in [2.05, 4.69) is 5.32 Å². The van der Waals surface area contributed by atoms with Gasteiger partial charge in [0.15, 0.2) is 5.78 Å². The summed E-state index contributed by atoms with van der Waals surface area (Å²) in [7, 11) is 0. The van der Waals surface area contributed by atoms with Gasteiger partial charge >= 0.3 is 6.03 Å². The molecule has 5 nitrogen and oxygen atoms in total. The number of hydrogen-bond donors (Lipinski definition) is 1. The molecule has 0 spiro atoms. The summed E-state index contributed by atoms with van der Waals surface area (Å²) in [6.07, 6.45) is 0.501. The molecule has 0 aliphatic carbocycles. The molecule has 1 aromatic heterocycles. The normalized spacial score (nSPS) is 23.3. The van der Waals surface area contributed by atoms with Gasteiger partial charge in [-0.2, -0.15) is 0 Å². The molecule has 96 valence electrons. The van der Waals surface area contributed by atoms with E-state index in [1.807, 2.05) is 6.92 Å². The van der Waals surface area contributed by atoms with Crippen LogP contribution in [0.15, 0.2) is 17.5 Å². The highest BCUT2D eigenvalue weighted by molar-refractivity contribution is 7.12. The van der Waals surface area contributed by atoms with Crippen molar-refractivity contribution in [3.8, 4) is 0 Å². The van der Waals surface area contributed by atoms with Gasteiger partial charge in [-0.15, -0.1) is 11.3 Å². The molecule has 2 rings (SSSR count). The first-order chi connectivity index (χ1) is 8.48. The Kier molecular flexibility index (Phi) is 3.21. The van der Waals surface area contributed by atoms with Crippen LogP contribution >= 0.6 is 11.3 Å². The van der Waals surface area contributed by atoms with Crippen LogP contribution in [0.3, 0.4) is 0 Å². The lowest BCUT2D eigenvalue weighted by Crippen LogP contribution is -2.43. The maximum atomic E-state index is 12.1. The number of thiophene rings is 1. The van der Waals surface area contributed by atoms with Crippen LogP contribution in [-0.4, -0.2) is 34.7 Å². The van der Waals surface area contributed by atoms with Gasteiger partial charge in [0.1, 0.15) is 5.54 Å². The minimum Gasteiger partial charge on any atom is -0.323 e. The van der Waals surface area contributed by atoms with Gasteiger partial charge in [-0.05, 0) is 24.8 Å². The smallest absolute Gasteiger partial charge is 0.323 e. The Hall–Kier alpha value is -1.69. The number of Topliss-reactive ketones (excluding diaryl/α,β-unsaturated/α-hetero) is 1. The van der Waals surface area contributed by atoms with Crippen molar-refractivity contribution in [3.63, 3.8) is 0 Å². The van der Waals surface area contributed by atoms with Crippen molar-refractivity contribution < 1.29 is 14.4 Å². The lowest BCUT2D eigenvalue weighted by Gasteiger charge is -2.18. The zero-order valence-corrected chi connectivity index (χ0v) is 11.0. The molecule has 0 unspecified atom stereocenters. The topological polar surface area (TPSA) is 66.5 Å². The number of imide groups is 1. The molecule has 0 saturated carbocycles. The number of rotatable bonds is 4. The number of carbonyl (C=O) groups is 3. The number of hydrogen-bond acceptors (Lipinski definition) is 4. The zero-order valence-electron chi connectivity index (χ0n) is 10.2. The first kappa shape index (κ1) is 12.8. The fourth-order valence-electron chi connectivity index (χ4n) is 1.79. The van der Waals surface area contributed by atoms with Crippen LogP contribution < -0.4 is 5.32 Å². The van der Waals surface area contributed by atoms with Gasteiger partial charge in [-0.3, -0.25) is 14.5 Å². The lowest BCUT2D eigenvalue weighted by molar-refractivity contribution is -0.130. The van der Waals surface area contributed by atoms with E-state index in [0.717, 1.165) is 4.90 Å². The Morgan fingerprint density at radius 2 is 2.22 bits per heavy atom. The van der Waals surface area contributed by atoms with E-state index < -0.39 is 11.6 Å². The van der Waals surface area contributed by atoms with Crippen LogP contribution in [0, 0.1) is 0 Å². The highest BCUT2D eigenvalue weighted by Gasteiger charge is 2.46. The predicted molar refractivity (Wildman–Crippen MR) is 67.6 cm³/mol. The Balaban J connectivity index is 2.13. The van der Waals surface area contributed by atoms with Crippen LogP contribution in [0.1, 0.15) is 29.9 Å². The summed E-state index contributed by atoms with van der Waals surface area (Å²) in [6, 6.07) is 2.96. The molecule has 1 aliphatic rings. The number of amides is 3. The molecule has 18 heavy (non-hydrogen) atoms. The standard InChI is InChI=1S/C12H14N2O3S/c1-3-12(2)10(16)14(11(17)13-12)7-8(15)9-5-4-6-18-9/h4-6H,3,7H2,1-2H3,(H,13,17)/t12-/m0/s1. The van der Waals surface area contributed by atoms with E-state index in [1.165, 1.54) is 11.3 Å². The second-order valence-corrected chi connectivity index (χ2v) is 5.36. The fourth-order valence-corrected chi connectivity index (χ4v) is 2.45. The molecular formula is C12H14N2O3S. The maximum Gasteiger partial charge on any atom is 0.325 e. The molecule has 1 aliphatic heterocycles. The van der Waals surface area contributed by atoms with Crippen molar-refractivity contribution in [2.75, 3.05) is 6.54 Å². The lowest BCUT2D eigenvalue weighted by atomic mass is 9.99. The van der Waals surface area contributed by atoms with Crippen LogP contribution in [0.2, 0.25) is 0 Å². The molecule has 3 amide bonds. The van der Waals surface area contributed by atoms with E-state index in [0.29, 0.717) is 11.3 Å². The van der Waals surface area contributed by atoms with Crippen molar-refractivity contribution in [2.24, 2.45) is 0 Å². The van der Waals surface area contributed by atoms with Crippen LogP contribution in [0.5, 0.6) is 0 Å². The maximum absolute atomic E-state index is 12.1. The minimum absolute atomic E-state index is 0.194. The number of ketones is 1. The number of urea groups is 1. The van der Waals surface area contributed by atoms with Crippen molar-refractivity contribution >= 4 is 29.1 Å². The fraction of sp³-hybridized carbons (Fsp3) is 0.417. The molecule has 1 atom stereocenters. The third kappa shape index (κ3) is 2.03. The van der Waals surface area contributed by atoms with Crippen molar-refractivity contribution in [2.45, 2.75) is 25.8 Å². The third-order valence-electron chi connectivity index (χ3n) is 3.15. The largest absolute Gasteiger partial charge is 0.325 e. The highest BCUT2D eigenvalue weighted by atomic mass is 32.1. The molecule has 2 heterocycles. The van der Waals surface area contributed by atoms with Crippen molar-refractivity contribution in [1.29, 1.82) is 0 Å². The highest BCUT2D eigenvalue weighted by Crippen LogP contribution is 2.21. The van der Waals surface area contributed by atoms with Gasteiger partial charge in [-0.1, -0.05) is 13.0 Å². The van der Waals surface area contributed by atoms with E-state index in [9.17, 15) is 14.4 Å². The summed E-state index contributed by atoms with van der Waals surface area (Å²) < 4.78 is 0. The molecule has 1 aromatic rings. The average Bonchev–Trinajstić information content (AvgIpc) is 2.93. The number of carbonyl (C=O) groups excluding carboxylic acids is 3. The number of nitrogens with one attached hydrogen (secondary N) is 1. The summed E-state index contributed by atoms with van der Waals surface area (Å²) in [4.78, 5) is 37.2. The number of nitrogens with zero attached hydrogens (tertiary/aromatic N) is 1. The van der Waals surface area contributed by atoms with Gasteiger partial charge < -0.3 is 5.32 Å². The van der Waals surface area contributed by atoms with Crippen molar-refractivity contribution in [3.05, 3.63) is 22.4 Å². The summed E-state index contributed by atoms with van der Waals surface area (Å²) in [6.45, 7) is 3.30. The second kappa shape index (κ2) is 4.53. The first-order valence-electron chi connectivity index (χ1n) is 5.69. The molecule has 0 aromatic carbocycles. The molecule has 1 N–H and O–H groups in total. The first-order valence-corrected chi connectivity index (χ1v) is 6.56. The van der Waals surface area contributed by atoms with E-state index in [4.69, 9.17) is 0 Å². The van der Waals surface area contributed by atoms with Gasteiger partial charge in [0.25, 0.3) is 5.91 Å². The molecular weight excluding hydrogens is 252 g/mol. The molecule has 1 fully saturated rings.